The second-order valence-corrected chi connectivity index (χ2v) is 7.03. The minimum Gasteiger partial charge on any atom is -0.326 e. The Labute approximate surface area is 134 Å². The summed E-state index contributed by atoms with van der Waals surface area (Å²) >= 11 is 1.82. The molecule has 4 nitrogen and oxygen atoms in total. The third-order valence-corrected chi connectivity index (χ3v) is 4.98. The number of benzene rings is 2. The molecule has 0 fully saturated rings. The molecule has 2 aromatic rings. The first kappa shape index (κ1) is 16.1. The van der Waals surface area contributed by atoms with Gasteiger partial charge < -0.3 is 5.73 Å². The van der Waals surface area contributed by atoms with Crippen LogP contribution in [-0.2, 0) is 16.6 Å². The summed E-state index contributed by atoms with van der Waals surface area (Å²) in [6, 6.07) is 7.04. The van der Waals surface area contributed by atoms with Crippen LogP contribution in [-0.4, -0.2) is 8.42 Å². The van der Waals surface area contributed by atoms with Crippen molar-refractivity contribution in [1.29, 1.82) is 0 Å². The summed E-state index contributed by atoms with van der Waals surface area (Å²) in [5.41, 5.74) is 5.71. The second-order valence-electron chi connectivity index (χ2n) is 4.19. The van der Waals surface area contributed by atoms with Gasteiger partial charge in [-0.3, -0.25) is 4.72 Å². The van der Waals surface area contributed by atoms with Gasteiger partial charge in [0.15, 0.2) is 0 Å². The van der Waals surface area contributed by atoms with Crippen LogP contribution in [0.1, 0.15) is 5.56 Å². The molecule has 0 atom stereocenters. The lowest BCUT2D eigenvalue weighted by Crippen LogP contribution is -2.15. The van der Waals surface area contributed by atoms with E-state index in [2.05, 4.69) is 4.72 Å². The Kier molecular flexibility index (Phi) is 4.79. The molecular formula is C13H11F2IN2O2S. The summed E-state index contributed by atoms with van der Waals surface area (Å²) in [6.45, 7) is -0.108. The number of nitrogens with two attached hydrogens (primary N) is 1. The predicted molar refractivity (Wildman–Crippen MR) is 84.2 cm³/mol. The number of hydrogen-bond acceptors (Lipinski definition) is 3. The molecular weight excluding hydrogens is 413 g/mol. The maximum Gasteiger partial charge on any atom is 0.261 e. The molecule has 0 heterocycles. The summed E-state index contributed by atoms with van der Waals surface area (Å²) in [7, 11) is -3.90. The lowest BCUT2D eigenvalue weighted by molar-refractivity contribution is 0.596. The molecule has 0 spiro atoms. The molecule has 0 saturated carbocycles. The fraction of sp³-hybridized carbons (Fsp3) is 0.0769. The number of nitrogens with one attached hydrogen (secondary N) is 1. The SMILES string of the molecule is NCc1cc(S(=O)(=O)Nc2ccc(F)cc2I)ccc1F. The average Bonchev–Trinajstić information content (AvgIpc) is 2.42. The van der Waals surface area contributed by atoms with Gasteiger partial charge in [0.1, 0.15) is 11.6 Å². The van der Waals surface area contributed by atoms with Gasteiger partial charge in [0.25, 0.3) is 10.0 Å². The van der Waals surface area contributed by atoms with Gasteiger partial charge in [0, 0.05) is 15.7 Å². The first-order valence-electron chi connectivity index (χ1n) is 5.80. The zero-order valence-corrected chi connectivity index (χ0v) is 13.6. The Bertz CT molecular complexity index is 782. The van der Waals surface area contributed by atoms with E-state index < -0.39 is 21.7 Å². The van der Waals surface area contributed by atoms with Crippen LogP contribution in [0.5, 0.6) is 0 Å². The number of rotatable bonds is 4. The number of anilines is 1. The molecule has 0 aliphatic rings. The average molecular weight is 424 g/mol. The molecule has 0 saturated heterocycles. The first-order valence-corrected chi connectivity index (χ1v) is 8.36. The van der Waals surface area contributed by atoms with E-state index >= 15 is 0 Å². The van der Waals surface area contributed by atoms with E-state index in [4.69, 9.17) is 5.73 Å². The molecule has 2 rings (SSSR count). The summed E-state index contributed by atoms with van der Waals surface area (Å²) < 4.78 is 53.6. The highest BCUT2D eigenvalue weighted by Crippen LogP contribution is 2.23. The maximum absolute atomic E-state index is 13.4. The van der Waals surface area contributed by atoms with Gasteiger partial charge in [-0.1, -0.05) is 0 Å². The quantitative estimate of drug-likeness (QED) is 0.742. The third kappa shape index (κ3) is 3.69. The molecule has 21 heavy (non-hydrogen) atoms. The second kappa shape index (κ2) is 6.24. The van der Waals surface area contributed by atoms with Crippen LogP contribution in [0.2, 0.25) is 0 Å². The third-order valence-electron chi connectivity index (χ3n) is 2.72. The summed E-state index contributed by atoms with van der Waals surface area (Å²) in [5, 5.41) is 0. The molecule has 3 N–H and O–H groups in total. The Morgan fingerprint density at radius 1 is 1.14 bits per heavy atom. The van der Waals surface area contributed by atoms with E-state index in [9.17, 15) is 17.2 Å². The van der Waals surface area contributed by atoms with Crippen molar-refractivity contribution in [3.8, 4) is 0 Å². The van der Waals surface area contributed by atoms with Crippen molar-refractivity contribution in [3.05, 3.63) is 57.2 Å². The van der Waals surface area contributed by atoms with Crippen LogP contribution >= 0.6 is 22.6 Å². The molecule has 0 bridgehead atoms. The molecule has 0 unspecified atom stereocenters. The van der Waals surface area contributed by atoms with Crippen molar-refractivity contribution >= 4 is 38.3 Å². The zero-order valence-electron chi connectivity index (χ0n) is 10.6. The molecule has 8 heteroatoms. The fourth-order valence-electron chi connectivity index (χ4n) is 1.65. The molecule has 0 aliphatic carbocycles. The van der Waals surface area contributed by atoms with Gasteiger partial charge in [-0.25, -0.2) is 17.2 Å². The van der Waals surface area contributed by atoms with Gasteiger partial charge in [-0.2, -0.15) is 0 Å². The smallest absolute Gasteiger partial charge is 0.261 e. The standard InChI is InChI=1S/C13H11F2IN2O2S/c14-9-1-4-13(12(16)6-9)18-21(19,20)10-2-3-11(15)8(5-10)7-17/h1-6,18H,7,17H2. The molecule has 112 valence electrons. The van der Waals surface area contributed by atoms with Crippen LogP contribution in [0, 0.1) is 15.2 Å². The van der Waals surface area contributed by atoms with E-state index in [1.807, 2.05) is 22.6 Å². The van der Waals surface area contributed by atoms with Crippen LogP contribution in [0.25, 0.3) is 0 Å². The van der Waals surface area contributed by atoms with E-state index in [0.29, 0.717) is 3.57 Å². The molecule has 0 aliphatic heterocycles. The fourth-order valence-corrected chi connectivity index (χ4v) is 3.58. The van der Waals surface area contributed by atoms with E-state index in [1.54, 1.807) is 0 Å². The molecule has 0 radical (unpaired) electrons. The van der Waals surface area contributed by atoms with Gasteiger partial charge in [0.05, 0.1) is 10.6 Å². The highest BCUT2D eigenvalue weighted by molar-refractivity contribution is 14.1. The van der Waals surface area contributed by atoms with Gasteiger partial charge in [-0.05, 0) is 59.0 Å². The monoisotopic (exact) mass is 424 g/mol. The lowest BCUT2D eigenvalue weighted by Gasteiger charge is -2.11. The van der Waals surface area contributed by atoms with Crippen molar-refractivity contribution in [1.82, 2.24) is 0 Å². The number of halogens is 3. The molecule has 0 aromatic heterocycles. The Hall–Kier alpha value is -1.26. The van der Waals surface area contributed by atoms with Crippen LogP contribution in [0.15, 0.2) is 41.3 Å². The minimum atomic E-state index is -3.90. The molecule has 0 amide bonds. The highest BCUT2D eigenvalue weighted by Gasteiger charge is 2.17. The van der Waals surface area contributed by atoms with Crippen LogP contribution in [0.4, 0.5) is 14.5 Å². The van der Waals surface area contributed by atoms with E-state index in [1.165, 1.54) is 18.2 Å². The van der Waals surface area contributed by atoms with Crippen molar-refractivity contribution in [2.24, 2.45) is 5.73 Å². The van der Waals surface area contributed by atoms with E-state index in [-0.39, 0.29) is 22.7 Å². The summed E-state index contributed by atoms with van der Waals surface area (Å²) in [5.74, 6) is -1.03. The Balaban J connectivity index is 2.38. The van der Waals surface area contributed by atoms with Crippen molar-refractivity contribution in [3.63, 3.8) is 0 Å². The van der Waals surface area contributed by atoms with Crippen LogP contribution < -0.4 is 10.5 Å². The number of hydrogen-bond donors (Lipinski definition) is 2. The van der Waals surface area contributed by atoms with Gasteiger partial charge in [0.2, 0.25) is 0 Å². The van der Waals surface area contributed by atoms with Gasteiger partial charge >= 0.3 is 0 Å². The highest BCUT2D eigenvalue weighted by atomic mass is 127. The largest absolute Gasteiger partial charge is 0.326 e. The van der Waals surface area contributed by atoms with Crippen molar-refractivity contribution in [2.75, 3.05) is 4.72 Å². The first-order chi connectivity index (χ1) is 9.83. The van der Waals surface area contributed by atoms with Gasteiger partial charge in [-0.15, -0.1) is 0 Å². The minimum absolute atomic E-state index is 0.103. The normalized spacial score (nSPS) is 11.4. The Morgan fingerprint density at radius 2 is 1.86 bits per heavy atom. The molecule has 2 aromatic carbocycles. The summed E-state index contributed by atoms with van der Waals surface area (Å²) in [6.07, 6.45) is 0. The maximum atomic E-state index is 13.4. The predicted octanol–water partition coefficient (Wildman–Crippen LogP) is 2.83. The van der Waals surface area contributed by atoms with Crippen molar-refractivity contribution < 1.29 is 17.2 Å². The number of sulfonamides is 1. The van der Waals surface area contributed by atoms with E-state index in [0.717, 1.165) is 18.2 Å². The lowest BCUT2D eigenvalue weighted by atomic mass is 10.2. The Morgan fingerprint density at radius 3 is 2.48 bits per heavy atom. The summed E-state index contributed by atoms with van der Waals surface area (Å²) in [4.78, 5) is -0.107. The van der Waals surface area contributed by atoms with Crippen LogP contribution in [0.3, 0.4) is 0 Å². The topological polar surface area (TPSA) is 72.2 Å². The zero-order chi connectivity index (χ0) is 15.6. The van der Waals surface area contributed by atoms with Crippen molar-refractivity contribution in [2.45, 2.75) is 11.4 Å².